The molecule has 0 aliphatic rings. The van der Waals surface area contributed by atoms with Crippen LogP contribution in [0.3, 0.4) is 0 Å². The smallest absolute Gasteiger partial charge is 0.254 e. The number of rotatable bonds is 4. The maximum atomic E-state index is 5.93. The van der Waals surface area contributed by atoms with Crippen molar-refractivity contribution in [2.75, 3.05) is 0 Å². The molecule has 0 fully saturated rings. The predicted octanol–water partition coefficient (Wildman–Crippen LogP) is 5.28. The molecule has 0 radical (unpaired) electrons. The van der Waals surface area contributed by atoms with E-state index in [0.717, 1.165) is 5.56 Å². The second-order valence-electron chi connectivity index (χ2n) is 4.38. The molecule has 0 unspecified atom stereocenters. The predicted molar refractivity (Wildman–Crippen MR) is 85.5 cm³/mol. The van der Waals surface area contributed by atoms with Crippen molar-refractivity contribution in [1.29, 1.82) is 0 Å². The van der Waals surface area contributed by atoms with Crippen molar-refractivity contribution in [3.05, 3.63) is 63.4 Å². The Bertz CT molecular complexity index is 805. The first-order valence-corrected chi connectivity index (χ1v) is 7.41. The Balaban J connectivity index is 1.70. The molecule has 0 atom stereocenters. The van der Waals surface area contributed by atoms with Crippen molar-refractivity contribution in [3.8, 4) is 17.2 Å². The molecule has 0 aliphatic heterocycles. The highest BCUT2D eigenvalue weighted by Gasteiger charge is 2.10. The molecule has 1 heterocycles. The monoisotopic (exact) mass is 354 g/mol. The number of nitrogens with zero attached hydrogens (tertiary/aromatic N) is 2. The molecule has 0 N–H and O–H groups in total. The molecule has 22 heavy (non-hydrogen) atoms. The number of ether oxygens (including phenoxy) is 1. The van der Waals surface area contributed by atoms with E-state index in [2.05, 4.69) is 10.2 Å². The average Bonchev–Trinajstić information content (AvgIpc) is 2.97. The molecule has 0 spiro atoms. The third-order valence-electron chi connectivity index (χ3n) is 2.79. The van der Waals surface area contributed by atoms with E-state index in [0.29, 0.717) is 32.6 Å². The van der Waals surface area contributed by atoms with Crippen LogP contribution in [-0.2, 0) is 6.61 Å². The summed E-state index contributed by atoms with van der Waals surface area (Å²) in [6.45, 7) is 0.130. The van der Waals surface area contributed by atoms with Gasteiger partial charge in [-0.3, -0.25) is 0 Å². The van der Waals surface area contributed by atoms with Crippen LogP contribution in [0.5, 0.6) is 5.75 Å². The highest BCUT2D eigenvalue weighted by molar-refractivity contribution is 6.42. The summed E-state index contributed by atoms with van der Waals surface area (Å²) in [4.78, 5) is 0. The van der Waals surface area contributed by atoms with Crippen LogP contribution in [0.25, 0.3) is 11.5 Å². The molecule has 0 amide bonds. The molecule has 0 bridgehead atoms. The van der Waals surface area contributed by atoms with Crippen molar-refractivity contribution in [1.82, 2.24) is 10.2 Å². The van der Waals surface area contributed by atoms with Gasteiger partial charge in [0.1, 0.15) is 5.75 Å². The molecule has 1 aromatic heterocycles. The first-order chi connectivity index (χ1) is 10.6. The zero-order valence-corrected chi connectivity index (χ0v) is 13.4. The topological polar surface area (TPSA) is 48.2 Å². The Morgan fingerprint density at radius 1 is 0.955 bits per heavy atom. The molecule has 112 valence electrons. The zero-order valence-electron chi connectivity index (χ0n) is 11.1. The Morgan fingerprint density at radius 3 is 2.59 bits per heavy atom. The van der Waals surface area contributed by atoms with E-state index in [1.54, 1.807) is 30.3 Å². The van der Waals surface area contributed by atoms with Gasteiger partial charge in [0.05, 0.1) is 10.0 Å². The summed E-state index contributed by atoms with van der Waals surface area (Å²) in [5, 5.41) is 9.39. The summed E-state index contributed by atoms with van der Waals surface area (Å²) in [7, 11) is 0. The van der Waals surface area contributed by atoms with E-state index in [1.807, 2.05) is 12.1 Å². The van der Waals surface area contributed by atoms with Gasteiger partial charge >= 0.3 is 0 Å². The van der Waals surface area contributed by atoms with Crippen LogP contribution in [0, 0.1) is 0 Å². The second-order valence-corrected chi connectivity index (χ2v) is 5.63. The number of hydrogen-bond donors (Lipinski definition) is 0. The Hall–Kier alpha value is -1.75. The standard InChI is InChI=1S/C15H9Cl3N2O2/c16-10-3-1-2-9(6-10)15-20-19-14(22-15)8-21-11-4-5-12(17)13(18)7-11/h1-7H,8H2. The minimum absolute atomic E-state index is 0.130. The fraction of sp³-hybridized carbons (Fsp3) is 0.0667. The van der Waals surface area contributed by atoms with Gasteiger partial charge in [0.2, 0.25) is 5.89 Å². The van der Waals surface area contributed by atoms with Crippen molar-refractivity contribution in [2.45, 2.75) is 6.61 Å². The first kappa shape index (κ1) is 15.2. The van der Waals surface area contributed by atoms with Crippen molar-refractivity contribution < 1.29 is 9.15 Å². The molecule has 0 saturated heterocycles. The van der Waals surface area contributed by atoms with Crippen LogP contribution >= 0.6 is 34.8 Å². The second kappa shape index (κ2) is 6.57. The lowest BCUT2D eigenvalue weighted by atomic mass is 10.2. The number of halogens is 3. The van der Waals surface area contributed by atoms with Gasteiger partial charge in [-0.25, -0.2) is 0 Å². The van der Waals surface area contributed by atoms with Crippen LogP contribution in [0.15, 0.2) is 46.9 Å². The molecule has 4 nitrogen and oxygen atoms in total. The minimum Gasteiger partial charge on any atom is -0.484 e. The van der Waals surface area contributed by atoms with E-state index in [4.69, 9.17) is 44.0 Å². The highest BCUT2D eigenvalue weighted by atomic mass is 35.5. The van der Waals surface area contributed by atoms with Crippen LogP contribution in [-0.4, -0.2) is 10.2 Å². The van der Waals surface area contributed by atoms with E-state index in [-0.39, 0.29) is 6.61 Å². The molecule has 2 aromatic carbocycles. The lowest BCUT2D eigenvalue weighted by Gasteiger charge is -2.04. The maximum absolute atomic E-state index is 5.93. The molecular formula is C15H9Cl3N2O2. The summed E-state index contributed by atoms with van der Waals surface area (Å²) in [6, 6.07) is 12.2. The molecule has 7 heteroatoms. The number of benzene rings is 2. The minimum atomic E-state index is 0.130. The van der Waals surface area contributed by atoms with E-state index in [9.17, 15) is 0 Å². The average molecular weight is 356 g/mol. The van der Waals surface area contributed by atoms with Gasteiger partial charge in [0, 0.05) is 16.7 Å². The van der Waals surface area contributed by atoms with Crippen LogP contribution in [0.2, 0.25) is 15.1 Å². The summed E-state index contributed by atoms with van der Waals surface area (Å²) in [5.41, 5.74) is 0.751. The SMILES string of the molecule is Clc1cccc(-c2nnc(COc3ccc(Cl)c(Cl)c3)o2)c1. The Morgan fingerprint density at radius 2 is 1.82 bits per heavy atom. The van der Waals surface area contributed by atoms with E-state index < -0.39 is 0 Å². The molecule has 0 aliphatic carbocycles. The van der Waals surface area contributed by atoms with Crippen molar-refractivity contribution in [2.24, 2.45) is 0 Å². The fourth-order valence-electron chi connectivity index (χ4n) is 1.76. The van der Waals surface area contributed by atoms with Gasteiger partial charge < -0.3 is 9.15 Å². The summed E-state index contributed by atoms with van der Waals surface area (Å²) in [6.07, 6.45) is 0. The summed E-state index contributed by atoms with van der Waals surface area (Å²) in [5.74, 6) is 1.30. The summed E-state index contributed by atoms with van der Waals surface area (Å²) >= 11 is 17.7. The highest BCUT2D eigenvalue weighted by Crippen LogP contribution is 2.27. The maximum Gasteiger partial charge on any atom is 0.254 e. The van der Waals surface area contributed by atoms with Gasteiger partial charge in [-0.1, -0.05) is 40.9 Å². The lowest BCUT2D eigenvalue weighted by Crippen LogP contribution is -1.95. The largest absolute Gasteiger partial charge is 0.484 e. The Kier molecular flexibility index (Phi) is 4.52. The zero-order chi connectivity index (χ0) is 15.5. The molecule has 0 saturated carbocycles. The van der Waals surface area contributed by atoms with E-state index >= 15 is 0 Å². The molecular weight excluding hydrogens is 347 g/mol. The van der Waals surface area contributed by atoms with Crippen molar-refractivity contribution in [3.63, 3.8) is 0 Å². The summed E-state index contributed by atoms with van der Waals surface area (Å²) < 4.78 is 11.1. The quantitative estimate of drug-likeness (QED) is 0.639. The lowest BCUT2D eigenvalue weighted by molar-refractivity contribution is 0.264. The molecule has 3 rings (SSSR count). The fourth-order valence-corrected chi connectivity index (χ4v) is 2.24. The third kappa shape index (κ3) is 3.53. The van der Waals surface area contributed by atoms with Gasteiger partial charge in [0.25, 0.3) is 5.89 Å². The van der Waals surface area contributed by atoms with Crippen LogP contribution in [0.4, 0.5) is 0 Å². The van der Waals surface area contributed by atoms with Crippen molar-refractivity contribution >= 4 is 34.8 Å². The number of aromatic nitrogens is 2. The molecule has 3 aromatic rings. The Labute approximate surface area is 141 Å². The van der Waals surface area contributed by atoms with Gasteiger partial charge in [-0.05, 0) is 30.3 Å². The van der Waals surface area contributed by atoms with Crippen LogP contribution in [0.1, 0.15) is 5.89 Å². The van der Waals surface area contributed by atoms with Crippen LogP contribution < -0.4 is 4.74 Å². The number of hydrogen-bond acceptors (Lipinski definition) is 4. The van der Waals surface area contributed by atoms with Gasteiger partial charge in [-0.2, -0.15) is 0 Å². The first-order valence-electron chi connectivity index (χ1n) is 6.28. The third-order valence-corrected chi connectivity index (χ3v) is 3.77. The normalized spacial score (nSPS) is 10.7. The van der Waals surface area contributed by atoms with Gasteiger partial charge in [0.15, 0.2) is 6.61 Å². The van der Waals surface area contributed by atoms with Gasteiger partial charge in [-0.15, -0.1) is 10.2 Å². The van der Waals surface area contributed by atoms with E-state index in [1.165, 1.54) is 0 Å².